The second-order valence-electron chi connectivity index (χ2n) is 4.05. The predicted molar refractivity (Wildman–Crippen MR) is 76.6 cm³/mol. The molecule has 0 amide bonds. The van der Waals surface area contributed by atoms with E-state index in [-0.39, 0.29) is 11.8 Å². The lowest BCUT2D eigenvalue weighted by atomic mass is 10.1. The summed E-state index contributed by atoms with van der Waals surface area (Å²) >= 11 is 12.2. The fourth-order valence-electron chi connectivity index (χ4n) is 1.70. The van der Waals surface area contributed by atoms with E-state index in [1.54, 1.807) is 30.3 Å². The Balaban J connectivity index is 2.21. The van der Waals surface area contributed by atoms with E-state index in [9.17, 15) is 5.11 Å². The van der Waals surface area contributed by atoms with E-state index in [0.29, 0.717) is 10.0 Å². The van der Waals surface area contributed by atoms with E-state index in [1.807, 2.05) is 19.1 Å². The van der Waals surface area contributed by atoms with Gasteiger partial charge in [-0.05, 0) is 36.8 Å². The highest BCUT2D eigenvalue weighted by atomic mass is 35.5. The molecule has 2 N–H and O–H groups in total. The summed E-state index contributed by atoms with van der Waals surface area (Å²) in [5, 5.41) is 13.7. The van der Waals surface area contributed by atoms with Crippen molar-refractivity contribution in [1.82, 2.24) is 0 Å². The smallest absolute Gasteiger partial charge is 0.115 e. The number of phenolic OH excluding ortho intramolecular Hbond substituents is 1. The van der Waals surface area contributed by atoms with Gasteiger partial charge in [-0.1, -0.05) is 41.4 Å². The fraction of sp³-hybridized carbons (Fsp3) is 0.143. The van der Waals surface area contributed by atoms with E-state index in [4.69, 9.17) is 23.2 Å². The Bertz CT molecular complexity index is 520. The van der Waals surface area contributed by atoms with Gasteiger partial charge in [0.05, 0.1) is 15.7 Å². The molecule has 0 aliphatic carbocycles. The molecule has 0 aliphatic heterocycles. The summed E-state index contributed by atoms with van der Waals surface area (Å²) in [5.74, 6) is 0.252. The topological polar surface area (TPSA) is 32.3 Å². The zero-order valence-corrected chi connectivity index (χ0v) is 11.3. The molecule has 0 saturated heterocycles. The largest absolute Gasteiger partial charge is 0.508 e. The van der Waals surface area contributed by atoms with Crippen LogP contribution in [0.25, 0.3) is 0 Å². The first-order chi connectivity index (χ1) is 8.58. The molecule has 2 aromatic rings. The third-order valence-electron chi connectivity index (χ3n) is 2.72. The number of hydrogen-bond donors (Lipinski definition) is 2. The molecule has 2 rings (SSSR count). The maximum Gasteiger partial charge on any atom is 0.115 e. The lowest BCUT2D eigenvalue weighted by Crippen LogP contribution is -2.07. The van der Waals surface area contributed by atoms with Gasteiger partial charge in [0.2, 0.25) is 0 Å². The number of anilines is 1. The zero-order valence-electron chi connectivity index (χ0n) is 9.82. The van der Waals surface area contributed by atoms with Crippen LogP contribution < -0.4 is 5.32 Å². The lowest BCUT2D eigenvalue weighted by molar-refractivity contribution is 0.475. The maximum absolute atomic E-state index is 9.25. The number of benzene rings is 2. The van der Waals surface area contributed by atoms with Crippen molar-refractivity contribution in [3.05, 3.63) is 58.1 Å². The summed E-state index contributed by atoms with van der Waals surface area (Å²) in [5.41, 5.74) is 1.77. The quantitative estimate of drug-likeness (QED) is 0.841. The van der Waals surface area contributed by atoms with E-state index in [2.05, 4.69) is 5.32 Å². The van der Waals surface area contributed by atoms with Crippen molar-refractivity contribution in [3.63, 3.8) is 0 Å². The van der Waals surface area contributed by atoms with Crippen LogP contribution in [0.2, 0.25) is 10.0 Å². The van der Waals surface area contributed by atoms with Crippen LogP contribution in [-0.4, -0.2) is 5.11 Å². The van der Waals surface area contributed by atoms with E-state index < -0.39 is 0 Å². The van der Waals surface area contributed by atoms with Crippen LogP contribution in [0, 0.1) is 0 Å². The Morgan fingerprint density at radius 3 is 2.11 bits per heavy atom. The Hall–Kier alpha value is -1.38. The van der Waals surface area contributed by atoms with Gasteiger partial charge in [-0.3, -0.25) is 0 Å². The van der Waals surface area contributed by atoms with Crippen LogP contribution in [0.3, 0.4) is 0 Å². The summed E-state index contributed by atoms with van der Waals surface area (Å²) in [7, 11) is 0. The first-order valence-electron chi connectivity index (χ1n) is 5.57. The maximum atomic E-state index is 9.25. The van der Waals surface area contributed by atoms with Gasteiger partial charge >= 0.3 is 0 Å². The first-order valence-corrected chi connectivity index (χ1v) is 6.33. The van der Waals surface area contributed by atoms with Crippen LogP contribution in [0.15, 0.2) is 42.5 Å². The lowest BCUT2D eigenvalue weighted by Gasteiger charge is -2.17. The summed E-state index contributed by atoms with van der Waals surface area (Å²) in [4.78, 5) is 0. The summed E-state index contributed by atoms with van der Waals surface area (Å²) < 4.78 is 0. The molecule has 0 fully saturated rings. The predicted octanol–water partition coefficient (Wildman–Crippen LogP) is 4.87. The van der Waals surface area contributed by atoms with Crippen LogP contribution in [0.4, 0.5) is 5.69 Å². The molecule has 0 spiro atoms. The van der Waals surface area contributed by atoms with Crippen molar-refractivity contribution in [2.45, 2.75) is 13.0 Å². The van der Waals surface area contributed by atoms with Gasteiger partial charge in [0.15, 0.2) is 0 Å². The van der Waals surface area contributed by atoms with Gasteiger partial charge in [-0.2, -0.15) is 0 Å². The third kappa shape index (κ3) is 2.89. The molecule has 4 heteroatoms. The van der Waals surface area contributed by atoms with E-state index in [1.165, 1.54) is 0 Å². The van der Waals surface area contributed by atoms with Gasteiger partial charge in [-0.25, -0.2) is 0 Å². The molecule has 1 unspecified atom stereocenters. The van der Waals surface area contributed by atoms with Crippen molar-refractivity contribution in [2.75, 3.05) is 5.32 Å². The average Bonchev–Trinajstić information content (AvgIpc) is 2.34. The summed E-state index contributed by atoms with van der Waals surface area (Å²) in [6.07, 6.45) is 0. The minimum atomic E-state index is 0.0444. The molecule has 2 nitrogen and oxygen atoms in total. The van der Waals surface area contributed by atoms with Crippen molar-refractivity contribution in [2.24, 2.45) is 0 Å². The molecule has 0 aromatic heterocycles. The molecule has 0 bridgehead atoms. The number of phenols is 1. The van der Waals surface area contributed by atoms with Crippen molar-refractivity contribution >= 4 is 28.9 Å². The molecule has 0 radical (unpaired) electrons. The van der Waals surface area contributed by atoms with Crippen molar-refractivity contribution in [3.8, 4) is 5.75 Å². The minimum absolute atomic E-state index is 0.0444. The molecule has 1 atom stereocenters. The minimum Gasteiger partial charge on any atom is -0.508 e. The van der Waals surface area contributed by atoms with Gasteiger partial charge < -0.3 is 10.4 Å². The van der Waals surface area contributed by atoms with E-state index >= 15 is 0 Å². The second-order valence-corrected chi connectivity index (χ2v) is 4.87. The second kappa shape index (κ2) is 5.51. The number of rotatable bonds is 3. The van der Waals surface area contributed by atoms with Gasteiger partial charge in [0, 0.05) is 6.04 Å². The SMILES string of the molecule is CC(Nc1c(Cl)cccc1Cl)c1ccc(O)cc1. The Kier molecular flexibility index (Phi) is 4.00. The Labute approximate surface area is 116 Å². The Morgan fingerprint density at radius 2 is 1.56 bits per heavy atom. The highest BCUT2D eigenvalue weighted by molar-refractivity contribution is 6.39. The molecule has 94 valence electrons. The van der Waals surface area contributed by atoms with Gasteiger partial charge in [0.1, 0.15) is 5.75 Å². The molecule has 0 aliphatic rings. The molecular formula is C14H13Cl2NO. The van der Waals surface area contributed by atoms with E-state index in [0.717, 1.165) is 11.3 Å². The molecule has 0 heterocycles. The number of aromatic hydroxyl groups is 1. The first kappa shape index (κ1) is 13.1. The van der Waals surface area contributed by atoms with Crippen LogP contribution in [-0.2, 0) is 0 Å². The standard InChI is InChI=1S/C14H13Cl2NO/c1-9(10-5-7-11(18)8-6-10)17-14-12(15)3-2-4-13(14)16/h2-9,17-18H,1H3. The van der Waals surface area contributed by atoms with Crippen molar-refractivity contribution < 1.29 is 5.11 Å². The Morgan fingerprint density at radius 1 is 1.00 bits per heavy atom. The fourth-order valence-corrected chi connectivity index (χ4v) is 2.21. The van der Waals surface area contributed by atoms with Crippen LogP contribution in [0.5, 0.6) is 5.75 Å². The van der Waals surface area contributed by atoms with Crippen LogP contribution in [0.1, 0.15) is 18.5 Å². The van der Waals surface area contributed by atoms with Gasteiger partial charge in [0.25, 0.3) is 0 Å². The van der Waals surface area contributed by atoms with Gasteiger partial charge in [-0.15, -0.1) is 0 Å². The van der Waals surface area contributed by atoms with Crippen LogP contribution >= 0.6 is 23.2 Å². The summed E-state index contributed by atoms with van der Waals surface area (Å²) in [6.45, 7) is 2.01. The average molecular weight is 282 g/mol. The highest BCUT2D eigenvalue weighted by Crippen LogP contribution is 2.33. The van der Waals surface area contributed by atoms with Crippen molar-refractivity contribution in [1.29, 1.82) is 0 Å². The number of nitrogens with one attached hydrogen (secondary N) is 1. The molecule has 2 aromatic carbocycles. The number of para-hydroxylation sites is 1. The number of halogens is 2. The highest BCUT2D eigenvalue weighted by Gasteiger charge is 2.10. The normalized spacial score (nSPS) is 12.2. The number of hydrogen-bond acceptors (Lipinski definition) is 2. The monoisotopic (exact) mass is 281 g/mol. The summed E-state index contributed by atoms with van der Waals surface area (Å²) in [6, 6.07) is 12.5. The molecule has 18 heavy (non-hydrogen) atoms. The zero-order chi connectivity index (χ0) is 13.1. The molecule has 0 saturated carbocycles. The molecular weight excluding hydrogens is 269 g/mol. The third-order valence-corrected chi connectivity index (χ3v) is 3.35.